The van der Waals surface area contributed by atoms with Crippen molar-refractivity contribution in [2.24, 2.45) is 17.8 Å². The van der Waals surface area contributed by atoms with Gasteiger partial charge in [0.1, 0.15) is 4.47 Å². The van der Waals surface area contributed by atoms with Crippen LogP contribution in [0.4, 0.5) is 0 Å². The molecule has 0 N–H and O–H groups in total. The summed E-state index contributed by atoms with van der Waals surface area (Å²) >= 11 is 3.24. The van der Waals surface area contributed by atoms with E-state index in [1.807, 2.05) is 0 Å². The van der Waals surface area contributed by atoms with Crippen molar-refractivity contribution in [3.63, 3.8) is 0 Å². The lowest BCUT2D eigenvalue weighted by atomic mass is 9.89. The van der Waals surface area contributed by atoms with Gasteiger partial charge in [-0.1, -0.05) is 6.42 Å². The van der Waals surface area contributed by atoms with Crippen LogP contribution in [0.3, 0.4) is 0 Å². The summed E-state index contributed by atoms with van der Waals surface area (Å²) in [5.74, 6) is 2.49. The van der Waals surface area contributed by atoms with Gasteiger partial charge in [0.05, 0.1) is 6.33 Å². The SMILES string of the molecule is O=c1c(Br)cncn1CC1CC2CCC1C2. The van der Waals surface area contributed by atoms with Crippen molar-refractivity contribution in [1.29, 1.82) is 0 Å². The quantitative estimate of drug-likeness (QED) is 0.835. The molecule has 2 saturated carbocycles. The van der Waals surface area contributed by atoms with Crippen LogP contribution in [-0.2, 0) is 6.54 Å². The van der Waals surface area contributed by atoms with Crippen LogP contribution < -0.4 is 5.56 Å². The molecule has 0 radical (unpaired) electrons. The first kappa shape index (κ1) is 10.5. The summed E-state index contributed by atoms with van der Waals surface area (Å²) in [5, 5.41) is 0. The van der Waals surface area contributed by atoms with Crippen LogP contribution in [0.15, 0.2) is 21.8 Å². The first-order valence-corrected chi connectivity index (χ1v) is 6.73. The third kappa shape index (κ3) is 1.73. The number of fused-ring (bicyclic) bond motifs is 2. The maximum Gasteiger partial charge on any atom is 0.267 e. The first-order chi connectivity index (χ1) is 7.74. The highest BCUT2D eigenvalue weighted by Gasteiger charge is 2.39. The molecule has 3 nitrogen and oxygen atoms in total. The van der Waals surface area contributed by atoms with E-state index in [4.69, 9.17) is 0 Å². The van der Waals surface area contributed by atoms with Gasteiger partial charge in [-0.2, -0.15) is 0 Å². The second-order valence-corrected chi connectivity index (χ2v) is 5.99. The molecule has 3 rings (SSSR count). The Morgan fingerprint density at radius 3 is 3.00 bits per heavy atom. The summed E-state index contributed by atoms with van der Waals surface area (Å²) in [6, 6.07) is 0. The van der Waals surface area contributed by atoms with Crippen LogP contribution in [0.25, 0.3) is 0 Å². The lowest BCUT2D eigenvalue weighted by Crippen LogP contribution is -2.26. The molecule has 0 aromatic carbocycles. The maximum atomic E-state index is 11.8. The van der Waals surface area contributed by atoms with Gasteiger partial charge in [0.2, 0.25) is 0 Å². The normalized spacial score (nSPS) is 32.2. The Kier molecular flexibility index (Phi) is 2.62. The predicted molar refractivity (Wildman–Crippen MR) is 65.1 cm³/mol. The Hall–Kier alpha value is -0.640. The molecule has 2 aliphatic rings. The van der Waals surface area contributed by atoms with E-state index in [0.29, 0.717) is 10.4 Å². The van der Waals surface area contributed by atoms with E-state index < -0.39 is 0 Å². The smallest absolute Gasteiger partial charge is 0.267 e. The van der Waals surface area contributed by atoms with E-state index in [0.717, 1.165) is 18.4 Å². The fraction of sp³-hybridized carbons (Fsp3) is 0.667. The Morgan fingerprint density at radius 2 is 2.31 bits per heavy atom. The van der Waals surface area contributed by atoms with Crippen molar-refractivity contribution in [1.82, 2.24) is 9.55 Å². The molecule has 1 heterocycles. The molecular formula is C12H15BrN2O. The third-order valence-corrected chi connectivity index (χ3v) is 4.72. The molecular weight excluding hydrogens is 268 g/mol. The number of halogens is 1. The van der Waals surface area contributed by atoms with Crippen LogP contribution in [0.2, 0.25) is 0 Å². The zero-order valence-corrected chi connectivity index (χ0v) is 10.7. The van der Waals surface area contributed by atoms with Crippen LogP contribution >= 0.6 is 15.9 Å². The molecule has 86 valence electrons. The van der Waals surface area contributed by atoms with Gasteiger partial charge in [-0.3, -0.25) is 9.36 Å². The molecule has 0 saturated heterocycles. The van der Waals surface area contributed by atoms with Crippen molar-refractivity contribution in [2.75, 3.05) is 0 Å². The summed E-state index contributed by atoms with van der Waals surface area (Å²) in [7, 11) is 0. The molecule has 0 aliphatic heterocycles. The Morgan fingerprint density at radius 1 is 1.44 bits per heavy atom. The van der Waals surface area contributed by atoms with Crippen molar-refractivity contribution in [3.8, 4) is 0 Å². The Bertz CT molecular complexity index is 457. The van der Waals surface area contributed by atoms with Gasteiger partial charge in [-0.25, -0.2) is 4.98 Å². The molecule has 2 aliphatic carbocycles. The van der Waals surface area contributed by atoms with Gasteiger partial charge in [0.15, 0.2) is 0 Å². The van der Waals surface area contributed by atoms with E-state index in [-0.39, 0.29) is 5.56 Å². The van der Waals surface area contributed by atoms with E-state index in [1.54, 1.807) is 17.1 Å². The molecule has 0 amide bonds. The molecule has 3 atom stereocenters. The van der Waals surface area contributed by atoms with E-state index in [2.05, 4.69) is 20.9 Å². The van der Waals surface area contributed by atoms with Crippen molar-refractivity contribution >= 4 is 15.9 Å². The lowest BCUT2D eigenvalue weighted by Gasteiger charge is -2.22. The molecule has 2 bridgehead atoms. The Balaban J connectivity index is 1.80. The maximum absolute atomic E-state index is 11.8. The molecule has 0 spiro atoms. The van der Waals surface area contributed by atoms with Crippen molar-refractivity contribution in [3.05, 3.63) is 27.4 Å². The zero-order valence-electron chi connectivity index (χ0n) is 9.10. The standard InChI is InChI=1S/C12H15BrN2O/c13-11-5-14-7-15(12(11)16)6-10-4-8-1-2-9(10)3-8/h5,7-10H,1-4,6H2. The minimum Gasteiger partial charge on any atom is -0.298 e. The fourth-order valence-corrected chi connectivity index (χ4v) is 3.75. The van der Waals surface area contributed by atoms with E-state index in [9.17, 15) is 4.79 Å². The first-order valence-electron chi connectivity index (χ1n) is 5.94. The number of hydrogen-bond donors (Lipinski definition) is 0. The molecule has 1 aromatic rings. The second kappa shape index (κ2) is 3.99. The summed E-state index contributed by atoms with van der Waals surface area (Å²) in [6.07, 6.45) is 8.71. The third-order valence-electron chi connectivity index (χ3n) is 4.17. The van der Waals surface area contributed by atoms with Crippen LogP contribution in [0.1, 0.15) is 25.7 Å². The predicted octanol–water partition coefficient (Wildman–Crippen LogP) is 2.44. The number of hydrogen-bond acceptors (Lipinski definition) is 2. The minimum atomic E-state index is 0.0535. The van der Waals surface area contributed by atoms with Gasteiger partial charge in [-0.05, 0) is 52.9 Å². The highest BCUT2D eigenvalue weighted by atomic mass is 79.9. The van der Waals surface area contributed by atoms with Crippen LogP contribution in [0, 0.1) is 17.8 Å². The highest BCUT2D eigenvalue weighted by Crippen LogP contribution is 2.48. The van der Waals surface area contributed by atoms with Gasteiger partial charge < -0.3 is 0 Å². The summed E-state index contributed by atoms with van der Waals surface area (Å²) < 4.78 is 2.33. The van der Waals surface area contributed by atoms with E-state index >= 15 is 0 Å². The molecule has 4 heteroatoms. The largest absolute Gasteiger partial charge is 0.298 e. The number of aromatic nitrogens is 2. The average Bonchev–Trinajstić information content (AvgIpc) is 2.86. The minimum absolute atomic E-state index is 0.0535. The van der Waals surface area contributed by atoms with Gasteiger partial charge in [-0.15, -0.1) is 0 Å². The monoisotopic (exact) mass is 282 g/mol. The summed E-state index contributed by atoms with van der Waals surface area (Å²) in [4.78, 5) is 15.9. The van der Waals surface area contributed by atoms with Crippen LogP contribution in [0.5, 0.6) is 0 Å². The molecule has 3 unspecified atom stereocenters. The molecule has 1 aromatic heterocycles. The van der Waals surface area contributed by atoms with E-state index in [1.165, 1.54) is 25.7 Å². The zero-order chi connectivity index (χ0) is 11.1. The lowest BCUT2D eigenvalue weighted by molar-refractivity contribution is 0.291. The second-order valence-electron chi connectivity index (χ2n) is 5.13. The molecule has 16 heavy (non-hydrogen) atoms. The van der Waals surface area contributed by atoms with Gasteiger partial charge in [0, 0.05) is 12.7 Å². The Labute approximate surface area is 103 Å². The average molecular weight is 283 g/mol. The molecule has 2 fully saturated rings. The number of rotatable bonds is 2. The van der Waals surface area contributed by atoms with Crippen LogP contribution in [-0.4, -0.2) is 9.55 Å². The topological polar surface area (TPSA) is 34.9 Å². The van der Waals surface area contributed by atoms with Crippen molar-refractivity contribution < 1.29 is 0 Å². The number of nitrogens with zero attached hydrogens (tertiary/aromatic N) is 2. The van der Waals surface area contributed by atoms with Gasteiger partial charge in [0.25, 0.3) is 5.56 Å². The summed E-state index contributed by atoms with van der Waals surface area (Å²) in [6.45, 7) is 0.854. The summed E-state index contributed by atoms with van der Waals surface area (Å²) in [5.41, 5.74) is 0.0535. The van der Waals surface area contributed by atoms with Crippen molar-refractivity contribution in [2.45, 2.75) is 32.2 Å². The fourth-order valence-electron chi connectivity index (χ4n) is 3.41. The van der Waals surface area contributed by atoms with Gasteiger partial charge >= 0.3 is 0 Å². The highest BCUT2D eigenvalue weighted by molar-refractivity contribution is 9.10.